The predicted octanol–water partition coefficient (Wildman–Crippen LogP) is 3.61. The fourth-order valence-electron chi connectivity index (χ4n) is 1.94. The largest absolute Gasteiger partial charge is 0.326 e. The topological polar surface area (TPSA) is 49.4 Å². The number of amides is 2. The Bertz CT molecular complexity index is 666. The molecule has 0 atom stereocenters. The first-order valence-electron chi connectivity index (χ1n) is 6.84. The molecular formula is C17H17BrN2O2. The monoisotopic (exact) mass is 360 g/mol. The molecule has 0 bridgehead atoms. The molecule has 2 aromatic carbocycles. The van der Waals surface area contributed by atoms with Crippen LogP contribution in [0.1, 0.15) is 12.5 Å². The normalized spacial score (nSPS) is 10.1. The van der Waals surface area contributed by atoms with Crippen molar-refractivity contribution in [3.8, 4) is 0 Å². The Morgan fingerprint density at radius 2 is 1.64 bits per heavy atom. The molecule has 0 heterocycles. The Hall–Kier alpha value is -2.14. The number of hydrogen-bond donors (Lipinski definition) is 1. The summed E-state index contributed by atoms with van der Waals surface area (Å²) in [6.07, 6.45) is 0.322. The lowest BCUT2D eigenvalue weighted by Gasteiger charge is -2.15. The van der Waals surface area contributed by atoms with Gasteiger partial charge in [-0.15, -0.1) is 0 Å². The number of rotatable bonds is 4. The minimum atomic E-state index is -0.0741. The van der Waals surface area contributed by atoms with Crippen LogP contribution in [-0.4, -0.2) is 18.9 Å². The smallest absolute Gasteiger partial charge is 0.228 e. The van der Waals surface area contributed by atoms with Crippen LogP contribution in [-0.2, 0) is 16.0 Å². The maximum atomic E-state index is 12.0. The lowest BCUT2D eigenvalue weighted by atomic mass is 10.1. The highest BCUT2D eigenvalue weighted by Crippen LogP contribution is 2.17. The van der Waals surface area contributed by atoms with Crippen molar-refractivity contribution >= 4 is 39.1 Å². The van der Waals surface area contributed by atoms with E-state index in [4.69, 9.17) is 0 Å². The summed E-state index contributed by atoms with van der Waals surface area (Å²) in [4.78, 5) is 24.8. The van der Waals surface area contributed by atoms with E-state index in [2.05, 4.69) is 21.2 Å². The number of nitrogens with zero attached hydrogens (tertiary/aromatic N) is 1. The molecule has 0 spiro atoms. The van der Waals surface area contributed by atoms with Crippen LogP contribution < -0.4 is 10.2 Å². The van der Waals surface area contributed by atoms with Gasteiger partial charge in [-0.2, -0.15) is 0 Å². The Morgan fingerprint density at radius 3 is 2.18 bits per heavy atom. The van der Waals surface area contributed by atoms with Gasteiger partial charge in [0, 0.05) is 29.8 Å². The number of hydrogen-bond acceptors (Lipinski definition) is 2. The van der Waals surface area contributed by atoms with Crippen molar-refractivity contribution in [3.05, 3.63) is 58.6 Å². The van der Waals surface area contributed by atoms with Gasteiger partial charge < -0.3 is 10.2 Å². The molecule has 114 valence electrons. The molecule has 22 heavy (non-hydrogen) atoms. The van der Waals surface area contributed by atoms with Crippen molar-refractivity contribution in [1.82, 2.24) is 0 Å². The first-order valence-corrected chi connectivity index (χ1v) is 7.63. The fourth-order valence-corrected chi connectivity index (χ4v) is 2.21. The van der Waals surface area contributed by atoms with Crippen LogP contribution >= 0.6 is 15.9 Å². The van der Waals surface area contributed by atoms with Gasteiger partial charge in [0.25, 0.3) is 0 Å². The van der Waals surface area contributed by atoms with Crippen LogP contribution in [0.3, 0.4) is 0 Å². The molecule has 4 nitrogen and oxygen atoms in total. The third-order valence-corrected chi connectivity index (χ3v) is 3.82. The second kappa shape index (κ2) is 7.22. The van der Waals surface area contributed by atoms with Crippen molar-refractivity contribution in [2.24, 2.45) is 0 Å². The summed E-state index contributed by atoms with van der Waals surface area (Å²) in [7, 11) is 1.71. The molecule has 0 unspecified atom stereocenters. The highest BCUT2D eigenvalue weighted by atomic mass is 79.9. The number of nitrogens with one attached hydrogen (secondary N) is 1. The van der Waals surface area contributed by atoms with E-state index in [9.17, 15) is 9.59 Å². The fraction of sp³-hybridized carbons (Fsp3) is 0.176. The lowest BCUT2D eigenvalue weighted by Crippen LogP contribution is -2.22. The van der Waals surface area contributed by atoms with E-state index in [-0.39, 0.29) is 11.8 Å². The highest BCUT2D eigenvalue weighted by Gasteiger charge is 2.07. The highest BCUT2D eigenvalue weighted by molar-refractivity contribution is 9.10. The zero-order valence-corrected chi connectivity index (χ0v) is 14.1. The second-order valence-corrected chi connectivity index (χ2v) is 5.89. The summed E-state index contributed by atoms with van der Waals surface area (Å²) in [5.41, 5.74) is 2.45. The van der Waals surface area contributed by atoms with Gasteiger partial charge in [0.15, 0.2) is 0 Å². The van der Waals surface area contributed by atoms with E-state index in [1.165, 1.54) is 6.92 Å². The molecule has 0 aliphatic rings. The van der Waals surface area contributed by atoms with E-state index in [0.29, 0.717) is 12.1 Å². The van der Waals surface area contributed by atoms with Gasteiger partial charge in [0.05, 0.1) is 6.42 Å². The summed E-state index contributed by atoms with van der Waals surface area (Å²) in [6, 6.07) is 14.8. The molecule has 2 amide bonds. The first kappa shape index (κ1) is 16.2. The third kappa shape index (κ3) is 4.43. The van der Waals surface area contributed by atoms with Crippen LogP contribution in [0.5, 0.6) is 0 Å². The zero-order chi connectivity index (χ0) is 16.1. The number of anilines is 2. The van der Waals surface area contributed by atoms with Crippen molar-refractivity contribution in [2.45, 2.75) is 13.3 Å². The molecule has 5 heteroatoms. The Balaban J connectivity index is 1.97. The van der Waals surface area contributed by atoms with Gasteiger partial charge >= 0.3 is 0 Å². The maximum absolute atomic E-state index is 12.0. The van der Waals surface area contributed by atoms with Gasteiger partial charge in [0.1, 0.15) is 0 Å². The van der Waals surface area contributed by atoms with Crippen LogP contribution in [0.25, 0.3) is 0 Å². The van der Waals surface area contributed by atoms with Gasteiger partial charge in [-0.1, -0.05) is 28.1 Å². The second-order valence-electron chi connectivity index (χ2n) is 4.98. The minimum Gasteiger partial charge on any atom is -0.326 e. The van der Waals surface area contributed by atoms with Crippen molar-refractivity contribution in [3.63, 3.8) is 0 Å². The molecule has 2 aromatic rings. The van der Waals surface area contributed by atoms with E-state index >= 15 is 0 Å². The van der Waals surface area contributed by atoms with E-state index < -0.39 is 0 Å². The zero-order valence-electron chi connectivity index (χ0n) is 12.5. The maximum Gasteiger partial charge on any atom is 0.228 e. The van der Waals surface area contributed by atoms with E-state index in [1.807, 2.05) is 24.3 Å². The summed E-state index contributed by atoms with van der Waals surface area (Å²) in [5.74, 6) is -0.109. The summed E-state index contributed by atoms with van der Waals surface area (Å²) in [6.45, 7) is 1.51. The van der Waals surface area contributed by atoms with Gasteiger partial charge in [-0.25, -0.2) is 0 Å². The average Bonchev–Trinajstić information content (AvgIpc) is 2.49. The van der Waals surface area contributed by atoms with Crippen molar-refractivity contribution in [1.29, 1.82) is 0 Å². The van der Waals surface area contributed by atoms with E-state index in [1.54, 1.807) is 36.2 Å². The van der Waals surface area contributed by atoms with Crippen LogP contribution in [0.4, 0.5) is 11.4 Å². The van der Waals surface area contributed by atoms with Crippen molar-refractivity contribution in [2.75, 3.05) is 17.3 Å². The Labute approximate surface area is 138 Å². The molecule has 0 aromatic heterocycles. The van der Waals surface area contributed by atoms with Gasteiger partial charge in [-0.3, -0.25) is 9.59 Å². The number of benzene rings is 2. The van der Waals surface area contributed by atoms with Gasteiger partial charge in [-0.05, 0) is 42.0 Å². The van der Waals surface area contributed by atoms with Crippen LogP contribution in [0.15, 0.2) is 53.0 Å². The molecule has 0 radical (unpaired) electrons. The number of halogens is 1. The molecule has 0 saturated heterocycles. The summed E-state index contributed by atoms with van der Waals surface area (Å²) >= 11 is 3.37. The SMILES string of the molecule is CC(=O)N(C)c1ccc(NC(=O)Cc2ccc(Br)cc2)cc1. The molecule has 0 aliphatic heterocycles. The lowest BCUT2D eigenvalue weighted by molar-refractivity contribution is -0.116. The van der Waals surface area contributed by atoms with E-state index in [0.717, 1.165) is 15.7 Å². The number of carbonyl (C=O) groups is 2. The number of carbonyl (C=O) groups excluding carboxylic acids is 2. The molecular weight excluding hydrogens is 344 g/mol. The predicted molar refractivity (Wildman–Crippen MR) is 92.0 cm³/mol. The average molecular weight is 361 g/mol. The minimum absolute atomic E-state index is 0.0352. The van der Waals surface area contributed by atoms with Crippen LogP contribution in [0.2, 0.25) is 0 Å². The summed E-state index contributed by atoms with van der Waals surface area (Å²) < 4.78 is 0.988. The first-order chi connectivity index (χ1) is 10.5. The molecule has 0 fully saturated rings. The quantitative estimate of drug-likeness (QED) is 0.905. The standard InChI is InChI=1S/C17H17BrN2O2/c1-12(21)20(2)16-9-7-15(8-10-16)19-17(22)11-13-3-5-14(18)6-4-13/h3-10H,11H2,1-2H3,(H,19,22). The molecule has 1 N–H and O–H groups in total. The molecule has 2 rings (SSSR count). The van der Waals surface area contributed by atoms with Crippen LogP contribution in [0, 0.1) is 0 Å². The summed E-state index contributed by atoms with van der Waals surface area (Å²) in [5, 5.41) is 2.85. The Kier molecular flexibility index (Phi) is 5.33. The third-order valence-electron chi connectivity index (χ3n) is 3.29. The van der Waals surface area contributed by atoms with Crippen molar-refractivity contribution < 1.29 is 9.59 Å². The molecule has 0 saturated carbocycles. The molecule has 0 aliphatic carbocycles. The van der Waals surface area contributed by atoms with Gasteiger partial charge in [0.2, 0.25) is 11.8 Å². The Morgan fingerprint density at radius 1 is 1.05 bits per heavy atom.